The van der Waals surface area contributed by atoms with Gasteiger partial charge in [0.1, 0.15) is 11.4 Å². The Labute approximate surface area is 274 Å². The minimum atomic E-state index is -5.02. The summed E-state index contributed by atoms with van der Waals surface area (Å²) in [7, 11) is 0. The van der Waals surface area contributed by atoms with Gasteiger partial charge in [0.05, 0.1) is 23.4 Å². The van der Waals surface area contributed by atoms with Crippen LogP contribution in [0.4, 0.5) is 32.3 Å². The Balaban J connectivity index is 1.52. The maximum atomic E-state index is 14.2. The van der Waals surface area contributed by atoms with Crippen molar-refractivity contribution < 1.29 is 35.9 Å². The summed E-state index contributed by atoms with van der Waals surface area (Å²) in [5.74, 6) is 0.267. The molecule has 0 atom stereocenters. The highest BCUT2D eigenvalue weighted by molar-refractivity contribution is 6.02. The first-order chi connectivity index (χ1) is 22.8. The molecule has 5 rings (SSSR count). The fourth-order valence-electron chi connectivity index (χ4n) is 5.53. The Morgan fingerprint density at radius 2 is 1.65 bits per heavy atom. The quantitative estimate of drug-likeness (QED) is 0.196. The molecule has 0 spiro atoms. The molecule has 1 amide bonds. The van der Waals surface area contributed by atoms with Crippen LogP contribution in [0.3, 0.4) is 0 Å². The lowest BCUT2D eigenvalue weighted by Crippen LogP contribution is -2.46. The van der Waals surface area contributed by atoms with Crippen LogP contribution in [0.1, 0.15) is 46.0 Å². The monoisotopic (exact) mass is 672 g/mol. The first-order valence-electron chi connectivity index (χ1n) is 15.3. The summed E-state index contributed by atoms with van der Waals surface area (Å²) in [6, 6.07) is 8.58. The van der Waals surface area contributed by atoms with Gasteiger partial charge in [-0.15, -0.1) is 0 Å². The van der Waals surface area contributed by atoms with E-state index in [1.54, 1.807) is 18.3 Å². The predicted molar refractivity (Wildman–Crippen MR) is 170 cm³/mol. The Hall–Kier alpha value is -4.88. The van der Waals surface area contributed by atoms with Crippen LogP contribution >= 0.6 is 0 Å². The van der Waals surface area contributed by atoms with E-state index in [9.17, 15) is 31.1 Å². The summed E-state index contributed by atoms with van der Waals surface area (Å²) < 4.78 is 87.6. The average molecular weight is 673 g/mol. The number of fused-ring (bicyclic) bond motifs is 1. The van der Waals surface area contributed by atoms with Gasteiger partial charge >= 0.3 is 12.4 Å². The number of halogens is 6. The summed E-state index contributed by atoms with van der Waals surface area (Å²) >= 11 is 0. The number of allylic oxidation sites excluding steroid dienone is 2. The van der Waals surface area contributed by atoms with Gasteiger partial charge in [0.15, 0.2) is 0 Å². The number of anilines is 1. The highest BCUT2D eigenvalue weighted by Gasteiger charge is 2.38. The zero-order chi connectivity index (χ0) is 34.6. The van der Waals surface area contributed by atoms with E-state index in [2.05, 4.69) is 16.6 Å². The van der Waals surface area contributed by atoms with E-state index in [0.717, 1.165) is 5.56 Å². The third kappa shape index (κ3) is 7.80. The second-order valence-corrected chi connectivity index (χ2v) is 11.4. The number of aryl methyl sites for hydroxylation is 1. The van der Waals surface area contributed by atoms with Gasteiger partial charge < -0.3 is 19.4 Å². The van der Waals surface area contributed by atoms with Crippen molar-refractivity contribution in [1.82, 2.24) is 19.8 Å². The van der Waals surface area contributed by atoms with E-state index < -0.39 is 35.9 Å². The lowest BCUT2D eigenvalue weighted by atomic mass is 10.00. The van der Waals surface area contributed by atoms with Gasteiger partial charge in [0.25, 0.3) is 5.91 Å². The maximum Gasteiger partial charge on any atom is 0.416 e. The van der Waals surface area contributed by atoms with Crippen LogP contribution in [-0.2, 0) is 18.9 Å². The minimum Gasteiger partial charge on any atom is -0.477 e. The number of rotatable bonds is 7. The molecule has 0 bridgehead atoms. The van der Waals surface area contributed by atoms with E-state index in [-0.39, 0.29) is 48.3 Å². The molecule has 2 aliphatic rings. The van der Waals surface area contributed by atoms with Crippen LogP contribution in [0.15, 0.2) is 72.0 Å². The summed E-state index contributed by atoms with van der Waals surface area (Å²) in [6.45, 7) is 9.59. The van der Waals surface area contributed by atoms with Gasteiger partial charge in [-0.2, -0.15) is 31.3 Å². The van der Waals surface area contributed by atoms with Crippen molar-refractivity contribution in [3.63, 3.8) is 0 Å². The zero-order valence-electron chi connectivity index (χ0n) is 26.4. The molecule has 0 N–H and O–H groups in total. The molecule has 1 aromatic heterocycles. The summed E-state index contributed by atoms with van der Waals surface area (Å²) in [5.41, 5.74) is -1.56. The first-order valence-corrected chi connectivity index (χ1v) is 15.3. The topological polar surface area (TPSA) is 74.2 Å². The average Bonchev–Trinajstić information content (AvgIpc) is 3.04. The van der Waals surface area contributed by atoms with E-state index in [1.165, 1.54) is 4.90 Å². The molecule has 1 saturated heterocycles. The largest absolute Gasteiger partial charge is 0.477 e. The number of nitrogens with zero attached hydrogens (tertiary/aromatic N) is 6. The molecule has 0 radical (unpaired) electrons. The van der Waals surface area contributed by atoms with Gasteiger partial charge in [-0.1, -0.05) is 36.9 Å². The third-order valence-corrected chi connectivity index (χ3v) is 8.03. The number of benzene rings is 2. The van der Waals surface area contributed by atoms with Crippen molar-refractivity contribution in [2.24, 2.45) is 4.99 Å². The van der Waals surface area contributed by atoms with Crippen LogP contribution in [0, 0.1) is 6.92 Å². The molecule has 254 valence electrons. The predicted octanol–water partition coefficient (Wildman–Crippen LogP) is 7.15. The molecule has 48 heavy (non-hydrogen) atoms. The minimum absolute atomic E-state index is 0.00392. The van der Waals surface area contributed by atoms with E-state index in [4.69, 9.17) is 9.72 Å². The van der Waals surface area contributed by atoms with Crippen molar-refractivity contribution in [1.29, 1.82) is 0 Å². The van der Waals surface area contributed by atoms with Gasteiger partial charge in [-0.05, 0) is 55.7 Å². The smallest absolute Gasteiger partial charge is 0.416 e. The number of alkyl halides is 6. The molecule has 8 nitrogen and oxygen atoms in total. The number of amides is 1. The maximum absolute atomic E-state index is 14.2. The lowest BCUT2D eigenvalue weighted by Gasteiger charge is -2.36. The zero-order valence-corrected chi connectivity index (χ0v) is 26.4. The van der Waals surface area contributed by atoms with Crippen molar-refractivity contribution in [2.75, 3.05) is 44.2 Å². The number of hydrogen-bond donors (Lipinski definition) is 0. The highest BCUT2D eigenvalue weighted by atomic mass is 19.4. The molecule has 0 aliphatic carbocycles. The Kier molecular flexibility index (Phi) is 10.1. The molecule has 14 heteroatoms. The molecule has 2 aliphatic heterocycles. The number of piperazine rings is 1. The molecule has 2 aromatic carbocycles. The van der Waals surface area contributed by atoms with Crippen molar-refractivity contribution >= 4 is 18.1 Å². The Bertz CT molecular complexity index is 1700. The number of ether oxygens (including phenoxy) is 1. The molecular weight excluding hydrogens is 638 g/mol. The molecule has 0 saturated carbocycles. The van der Waals surface area contributed by atoms with Gasteiger partial charge in [-0.25, -0.2) is 9.98 Å². The van der Waals surface area contributed by atoms with Crippen molar-refractivity contribution in [3.05, 3.63) is 94.8 Å². The molecular formula is C34H34F6N6O2. The summed E-state index contributed by atoms with van der Waals surface area (Å²) in [6.07, 6.45) is -4.43. The Morgan fingerprint density at radius 1 is 0.979 bits per heavy atom. The Morgan fingerprint density at radius 3 is 2.27 bits per heavy atom. The molecule has 3 aromatic rings. The molecule has 0 unspecified atom stereocenters. The summed E-state index contributed by atoms with van der Waals surface area (Å²) in [4.78, 5) is 33.3. The number of carbonyl (C=O) groups is 1. The lowest BCUT2D eigenvalue weighted by molar-refractivity contribution is -0.143. The van der Waals surface area contributed by atoms with Gasteiger partial charge in [0, 0.05) is 51.0 Å². The SMILES string of the molecule is C=C(/N=C\C=C/C)N1CCN(c2nc3c(c(-c4ccccc4C)n2)C(=O)N(Cc2cc(C(F)(F)F)cc(C(F)(F)F)c2)CCCO3)CC1. The molecule has 1 fully saturated rings. The number of aliphatic imine (C=N–C) groups is 1. The van der Waals surface area contributed by atoms with Crippen LogP contribution < -0.4 is 9.64 Å². The summed E-state index contributed by atoms with van der Waals surface area (Å²) in [5, 5.41) is 0. The number of aromatic nitrogens is 2. The van der Waals surface area contributed by atoms with Crippen LogP contribution in [0.5, 0.6) is 5.88 Å². The van der Waals surface area contributed by atoms with Crippen molar-refractivity contribution in [2.45, 2.75) is 39.2 Å². The fourth-order valence-corrected chi connectivity index (χ4v) is 5.53. The van der Waals surface area contributed by atoms with Crippen LogP contribution in [0.25, 0.3) is 11.3 Å². The second kappa shape index (κ2) is 14.1. The van der Waals surface area contributed by atoms with Gasteiger partial charge in [-0.3, -0.25) is 4.79 Å². The number of hydrogen-bond acceptors (Lipinski definition) is 7. The second-order valence-electron chi connectivity index (χ2n) is 11.4. The highest BCUT2D eigenvalue weighted by Crippen LogP contribution is 2.38. The first kappa shape index (κ1) is 34.5. The number of carbonyl (C=O) groups excluding carboxylic acids is 1. The molecule has 3 heterocycles. The van der Waals surface area contributed by atoms with Crippen LogP contribution in [0.2, 0.25) is 0 Å². The third-order valence-electron chi connectivity index (χ3n) is 8.03. The fraction of sp³-hybridized carbons (Fsp3) is 0.353. The van der Waals surface area contributed by atoms with Crippen LogP contribution in [-0.4, -0.2) is 71.2 Å². The van der Waals surface area contributed by atoms with Crippen molar-refractivity contribution in [3.8, 4) is 17.1 Å². The van der Waals surface area contributed by atoms with E-state index in [0.29, 0.717) is 55.6 Å². The van der Waals surface area contributed by atoms with E-state index >= 15 is 0 Å². The normalized spacial score (nSPS) is 16.2. The standard InChI is InChI=1S/C34H34F6N6O2/c1-4-5-11-41-23(3)44-13-15-45(16-14-44)32-42-29(27-10-7-6-9-22(27)2)28-30(43-32)48-17-8-12-46(31(28)47)21-24-18-25(33(35,36)37)20-26(19-24)34(38,39)40/h4-7,9-11,18-20H,3,8,12-17,21H2,1-2H3/b5-4-,41-11-. The van der Waals surface area contributed by atoms with E-state index in [1.807, 2.05) is 47.9 Å². The van der Waals surface area contributed by atoms with Gasteiger partial charge in [0.2, 0.25) is 11.8 Å².